The molecule has 0 fully saturated rings. The Hall–Kier alpha value is -2.96. The highest BCUT2D eigenvalue weighted by Crippen LogP contribution is 2.22. The molecule has 1 aliphatic rings. The van der Waals surface area contributed by atoms with E-state index in [0.717, 1.165) is 4.90 Å². The maximum Gasteiger partial charge on any atom is 0.261 e. The zero-order valence-corrected chi connectivity index (χ0v) is 12.5. The van der Waals surface area contributed by atoms with Gasteiger partial charge in [0.1, 0.15) is 5.76 Å². The van der Waals surface area contributed by atoms with Gasteiger partial charge in [-0.2, -0.15) is 0 Å². The molecule has 3 rings (SSSR count). The molecule has 7 nitrogen and oxygen atoms in total. The first-order valence-corrected chi connectivity index (χ1v) is 7.19. The molecule has 1 aromatic heterocycles. The number of rotatable bonds is 5. The second-order valence-electron chi connectivity index (χ2n) is 5.20. The van der Waals surface area contributed by atoms with Gasteiger partial charge in [-0.1, -0.05) is 12.1 Å². The average molecular weight is 313 g/mol. The molecule has 118 valence electrons. The number of hydrogen-bond donors (Lipinski definition) is 1. The summed E-state index contributed by atoms with van der Waals surface area (Å²) in [5.74, 6) is 0.0812. The third-order valence-corrected chi connectivity index (χ3v) is 3.55. The van der Waals surface area contributed by atoms with Gasteiger partial charge in [-0.25, -0.2) is 4.98 Å². The quantitative estimate of drug-likeness (QED) is 0.840. The third-order valence-electron chi connectivity index (χ3n) is 3.55. The first-order valence-electron chi connectivity index (χ1n) is 7.19. The third kappa shape index (κ3) is 2.98. The molecule has 1 aromatic carbocycles. The number of benzene rings is 1. The van der Waals surface area contributed by atoms with E-state index < -0.39 is 0 Å². The monoisotopic (exact) mass is 313 g/mol. The van der Waals surface area contributed by atoms with Crippen LogP contribution in [0.5, 0.6) is 0 Å². The summed E-state index contributed by atoms with van der Waals surface area (Å²) in [5, 5.41) is 2.64. The summed E-state index contributed by atoms with van der Waals surface area (Å²) in [7, 11) is 0. The van der Waals surface area contributed by atoms with Gasteiger partial charge in [0.05, 0.1) is 23.9 Å². The van der Waals surface area contributed by atoms with Crippen LogP contribution in [0.4, 0.5) is 0 Å². The Morgan fingerprint density at radius 1 is 1.22 bits per heavy atom. The Balaban J connectivity index is 1.54. The maximum absolute atomic E-state index is 12.2. The predicted molar refractivity (Wildman–Crippen MR) is 79.5 cm³/mol. The summed E-state index contributed by atoms with van der Waals surface area (Å²) < 4.78 is 5.24. The van der Waals surface area contributed by atoms with Crippen molar-refractivity contribution in [3.63, 3.8) is 0 Å². The highest BCUT2D eigenvalue weighted by atomic mass is 16.4. The lowest BCUT2D eigenvalue weighted by Crippen LogP contribution is -2.34. The van der Waals surface area contributed by atoms with Crippen molar-refractivity contribution >= 4 is 17.7 Å². The average Bonchev–Trinajstić information content (AvgIpc) is 3.07. The molecule has 3 amide bonds. The van der Waals surface area contributed by atoms with E-state index in [1.165, 1.54) is 0 Å². The molecule has 7 heteroatoms. The second kappa shape index (κ2) is 6.04. The fourth-order valence-electron chi connectivity index (χ4n) is 2.40. The SMILES string of the molecule is Cc1cnc(CNC(=O)CCN2C(=O)c3ccccc3C2=O)o1. The number of imide groups is 1. The largest absolute Gasteiger partial charge is 0.444 e. The van der Waals surface area contributed by atoms with Crippen molar-refractivity contribution in [2.45, 2.75) is 19.9 Å². The lowest BCUT2D eigenvalue weighted by atomic mass is 10.1. The number of hydrogen-bond acceptors (Lipinski definition) is 5. The van der Waals surface area contributed by atoms with Crippen LogP contribution in [0.3, 0.4) is 0 Å². The van der Waals surface area contributed by atoms with Crippen LogP contribution >= 0.6 is 0 Å². The fraction of sp³-hybridized carbons (Fsp3) is 0.250. The van der Waals surface area contributed by atoms with Crippen molar-refractivity contribution in [2.24, 2.45) is 0 Å². The molecule has 0 bridgehead atoms. The highest BCUT2D eigenvalue weighted by Gasteiger charge is 2.34. The predicted octanol–water partition coefficient (Wildman–Crippen LogP) is 1.29. The van der Waals surface area contributed by atoms with Gasteiger partial charge in [0.2, 0.25) is 11.8 Å². The Bertz CT molecular complexity index is 746. The van der Waals surface area contributed by atoms with Crippen LogP contribution in [-0.4, -0.2) is 34.2 Å². The molecule has 0 unspecified atom stereocenters. The molecule has 0 radical (unpaired) electrons. The summed E-state index contributed by atoms with van der Waals surface area (Å²) in [6.07, 6.45) is 1.60. The molecule has 0 atom stereocenters. The number of nitrogens with one attached hydrogen (secondary N) is 1. The van der Waals surface area contributed by atoms with Gasteiger partial charge in [-0.3, -0.25) is 19.3 Å². The zero-order chi connectivity index (χ0) is 16.4. The Labute approximate surface area is 132 Å². The summed E-state index contributed by atoms with van der Waals surface area (Å²) in [5.41, 5.74) is 0.765. The molecule has 23 heavy (non-hydrogen) atoms. The van der Waals surface area contributed by atoms with Gasteiger partial charge >= 0.3 is 0 Å². The van der Waals surface area contributed by atoms with E-state index in [2.05, 4.69) is 10.3 Å². The van der Waals surface area contributed by atoms with Crippen LogP contribution < -0.4 is 5.32 Å². The van der Waals surface area contributed by atoms with Crippen LogP contribution in [-0.2, 0) is 11.3 Å². The minimum atomic E-state index is -0.360. The van der Waals surface area contributed by atoms with E-state index in [0.29, 0.717) is 22.8 Å². The minimum absolute atomic E-state index is 0.0329. The Morgan fingerprint density at radius 3 is 2.43 bits per heavy atom. The maximum atomic E-state index is 12.2. The van der Waals surface area contributed by atoms with Crippen LogP contribution in [0, 0.1) is 6.92 Å². The number of fused-ring (bicyclic) bond motifs is 1. The number of carbonyl (C=O) groups is 3. The number of nitrogens with zero attached hydrogens (tertiary/aromatic N) is 2. The van der Waals surface area contributed by atoms with Gasteiger partial charge < -0.3 is 9.73 Å². The number of aryl methyl sites for hydroxylation is 1. The van der Waals surface area contributed by atoms with Gasteiger partial charge in [-0.15, -0.1) is 0 Å². The van der Waals surface area contributed by atoms with E-state index >= 15 is 0 Å². The summed E-state index contributed by atoms with van der Waals surface area (Å²) in [4.78, 5) is 41.2. The van der Waals surface area contributed by atoms with Crippen molar-refractivity contribution in [2.75, 3.05) is 6.54 Å². The smallest absolute Gasteiger partial charge is 0.261 e. The van der Waals surface area contributed by atoms with Gasteiger partial charge in [0.25, 0.3) is 11.8 Å². The first kappa shape index (κ1) is 15.0. The first-order chi connectivity index (χ1) is 11.1. The molecule has 0 saturated carbocycles. The van der Waals surface area contributed by atoms with Gasteiger partial charge in [0, 0.05) is 13.0 Å². The minimum Gasteiger partial charge on any atom is -0.444 e. The highest BCUT2D eigenvalue weighted by molar-refractivity contribution is 6.21. The normalized spacial score (nSPS) is 13.3. The van der Waals surface area contributed by atoms with E-state index in [1.807, 2.05) is 0 Å². The number of aromatic nitrogens is 1. The van der Waals surface area contributed by atoms with Crippen molar-refractivity contribution in [3.05, 3.63) is 53.2 Å². The molecule has 1 aliphatic heterocycles. The molecule has 2 aromatic rings. The van der Waals surface area contributed by atoms with E-state index in [9.17, 15) is 14.4 Å². The fourth-order valence-corrected chi connectivity index (χ4v) is 2.40. The molecule has 0 spiro atoms. The summed E-state index contributed by atoms with van der Waals surface area (Å²) in [6.45, 7) is 1.98. The molecular weight excluding hydrogens is 298 g/mol. The van der Waals surface area contributed by atoms with Crippen LogP contribution in [0.25, 0.3) is 0 Å². The Kier molecular flexibility index (Phi) is 3.92. The lowest BCUT2D eigenvalue weighted by Gasteiger charge is -2.13. The van der Waals surface area contributed by atoms with Crippen molar-refractivity contribution < 1.29 is 18.8 Å². The number of carbonyl (C=O) groups excluding carboxylic acids is 3. The Morgan fingerprint density at radius 2 is 1.87 bits per heavy atom. The summed E-state index contributed by atoms with van der Waals surface area (Å²) in [6, 6.07) is 6.64. The molecular formula is C16H15N3O4. The van der Waals surface area contributed by atoms with Gasteiger partial charge in [-0.05, 0) is 19.1 Å². The van der Waals surface area contributed by atoms with Crippen molar-refractivity contribution in [3.8, 4) is 0 Å². The van der Waals surface area contributed by atoms with E-state index in [-0.39, 0.29) is 37.2 Å². The van der Waals surface area contributed by atoms with Crippen molar-refractivity contribution in [1.29, 1.82) is 0 Å². The molecule has 2 heterocycles. The molecule has 1 N–H and O–H groups in total. The lowest BCUT2D eigenvalue weighted by molar-refractivity contribution is -0.121. The van der Waals surface area contributed by atoms with Crippen molar-refractivity contribution in [1.82, 2.24) is 15.2 Å². The van der Waals surface area contributed by atoms with Gasteiger partial charge in [0.15, 0.2) is 0 Å². The zero-order valence-electron chi connectivity index (χ0n) is 12.5. The molecule has 0 aliphatic carbocycles. The van der Waals surface area contributed by atoms with Crippen LogP contribution in [0.2, 0.25) is 0 Å². The number of amides is 3. The van der Waals surface area contributed by atoms with Crippen LogP contribution in [0.1, 0.15) is 38.8 Å². The van der Waals surface area contributed by atoms with Crippen LogP contribution in [0.15, 0.2) is 34.9 Å². The summed E-state index contributed by atoms with van der Waals surface area (Å²) >= 11 is 0. The second-order valence-corrected chi connectivity index (χ2v) is 5.20. The topological polar surface area (TPSA) is 92.5 Å². The molecule has 0 saturated heterocycles. The number of oxazole rings is 1. The van der Waals surface area contributed by atoms with E-state index in [1.54, 1.807) is 37.4 Å². The van der Waals surface area contributed by atoms with E-state index in [4.69, 9.17) is 4.42 Å². The standard InChI is InChI=1S/C16H15N3O4/c1-10-8-18-14(23-10)9-17-13(20)6-7-19-15(21)11-4-2-3-5-12(11)16(19)22/h2-5,8H,6-7,9H2,1H3,(H,17,20).